The maximum Gasteiger partial charge on any atom is 0.273 e. The molecule has 0 atom stereocenters. The SMILES string of the molecule is CC(C)c1ccc(-c2nc(C(=O)N3CCC4(CCNC4)CC3)cs2)cc1.Cl.Cl. The summed E-state index contributed by atoms with van der Waals surface area (Å²) in [7, 11) is 0. The number of carbonyl (C=O) groups excluding carboxylic acids is 1. The molecule has 1 aromatic carbocycles. The van der Waals surface area contributed by atoms with Crippen molar-refractivity contribution in [3.05, 3.63) is 40.9 Å². The smallest absolute Gasteiger partial charge is 0.273 e. The molecular formula is C21H29Cl2N3OS. The molecule has 2 aliphatic rings. The van der Waals surface area contributed by atoms with E-state index < -0.39 is 0 Å². The van der Waals surface area contributed by atoms with Crippen molar-refractivity contribution in [3.8, 4) is 10.6 Å². The van der Waals surface area contributed by atoms with E-state index in [0.29, 0.717) is 17.0 Å². The van der Waals surface area contributed by atoms with E-state index in [9.17, 15) is 4.79 Å². The van der Waals surface area contributed by atoms with Crippen molar-refractivity contribution in [2.45, 2.75) is 39.0 Å². The molecule has 2 fully saturated rings. The highest BCUT2D eigenvalue weighted by Crippen LogP contribution is 2.37. The van der Waals surface area contributed by atoms with Crippen molar-refractivity contribution < 1.29 is 4.79 Å². The molecule has 154 valence electrons. The Labute approximate surface area is 183 Å². The number of aromatic nitrogens is 1. The van der Waals surface area contributed by atoms with Gasteiger partial charge in [0.15, 0.2) is 0 Å². The van der Waals surface area contributed by atoms with E-state index in [1.54, 1.807) is 11.3 Å². The van der Waals surface area contributed by atoms with Gasteiger partial charge in [0.05, 0.1) is 0 Å². The lowest BCUT2D eigenvalue weighted by molar-refractivity contribution is 0.0603. The molecule has 4 rings (SSSR count). The summed E-state index contributed by atoms with van der Waals surface area (Å²) in [6.45, 7) is 8.34. The normalized spacial score (nSPS) is 18.0. The highest BCUT2D eigenvalue weighted by molar-refractivity contribution is 7.13. The number of hydrogen-bond donors (Lipinski definition) is 1. The van der Waals surface area contributed by atoms with Crippen molar-refractivity contribution in [2.75, 3.05) is 26.2 Å². The van der Waals surface area contributed by atoms with Gasteiger partial charge >= 0.3 is 0 Å². The molecule has 1 spiro atoms. The standard InChI is InChI=1S/C21H27N3OS.2ClH/c1-15(2)16-3-5-17(6-4-16)19-23-18(13-26-19)20(25)24-11-8-21(9-12-24)7-10-22-14-21;;/h3-6,13,15,22H,7-12,14H2,1-2H3;2*1H. The second-order valence-electron chi connectivity index (χ2n) is 8.03. The van der Waals surface area contributed by atoms with Gasteiger partial charge in [0.25, 0.3) is 5.91 Å². The van der Waals surface area contributed by atoms with Crippen LogP contribution in [0.15, 0.2) is 29.6 Å². The minimum atomic E-state index is 0. The van der Waals surface area contributed by atoms with Gasteiger partial charge in [0, 0.05) is 30.6 Å². The van der Waals surface area contributed by atoms with E-state index in [0.717, 1.165) is 49.6 Å². The number of benzene rings is 1. The Hall–Kier alpha value is -1.14. The lowest BCUT2D eigenvalue weighted by Gasteiger charge is -2.38. The first-order valence-electron chi connectivity index (χ1n) is 9.62. The number of likely N-dealkylation sites (tertiary alicyclic amines) is 1. The Balaban J connectivity index is 0.00000140. The van der Waals surface area contributed by atoms with Gasteiger partial charge in [-0.15, -0.1) is 36.2 Å². The Morgan fingerprint density at radius 3 is 2.39 bits per heavy atom. The van der Waals surface area contributed by atoms with Gasteiger partial charge in [0.1, 0.15) is 10.7 Å². The summed E-state index contributed by atoms with van der Waals surface area (Å²) in [5.41, 5.74) is 3.44. The lowest BCUT2D eigenvalue weighted by Crippen LogP contribution is -2.44. The fourth-order valence-electron chi connectivity index (χ4n) is 4.08. The van der Waals surface area contributed by atoms with E-state index in [2.05, 4.69) is 48.4 Å². The molecule has 3 heterocycles. The van der Waals surface area contributed by atoms with E-state index in [1.165, 1.54) is 12.0 Å². The van der Waals surface area contributed by atoms with Crippen LogP contribution in [0.3, 0.4) is 0 Å². The molecule has 4 nitrogen and oxygen atoms in total. The van der Waals surface area contributed by atoms with E-state index >= 15 is 0 Å². The van der Waals surface area contributed by atoms with Gasteiger partial charge in [-0.25, -0.2) is 4.98 Å². The minimum absolute atomic E-state index is 0. The zero-order chi connectivity index (χ0) is 18.1. The summed E-state index contributed by atoms with van der Waals surface area (Å²) in [6, 6.07) is 8.53. The number of thiazole rings is 1. The molecule has 2 saturated heterocycles. The number of nitrogens with zero attached hydrogens (tertiary/aromatic N) is 2. The number of amides is 1. The topological polar surface area (TPSA) is 45.2 Å². The predicted molar refractivity (Wildman–Crippen MR) is 121 cm³/mol. The van der Waals surface area contributed by atoms with Crippen LogP contribution in [0, 0.1) is 5.41 Å². The molecule has 1 N–H and O–H groups in total. The molecule has 0 unspecified atom stereocenters. The molecule has 1 aromatic heterocycles. The predicted octanol–water partition coefficient (Wildman–Crippen LogP) is 4.99. The van der Waals surface area contributed by atoms with Gasteiger partial charge in [-0.3, -0.25) is 4.79 Å². The number of halogens is 2. The quantitative estimate of drug-likeness (QED) is 0.728. The van der Waals surface area contributed by atoms with Crippen molar-refractivity contribution in [1.82, 2.24) is 15.2 Å². The summed E-state index contributed by atoms with van der Waals surface area (Å²) in [5, 5.41) is 6.32. The number of piperidine rings is 1. The van der Waals surface area contributed by atoms with E-state index in [4.69, 9.17) is 0 Å². The zero-order valence-electron chi connectivity index (χ0n) is 16.4. The first-order chi connectivity index (χ1) is 12.6. The fraction of sp³-hybridized carbons (Fsp3) is 0.524. The maximum absolute atomic E-state index is 12.8. The average molecular weight is 442 g/mol. The highest BCUT2D eigenvalue weighted by atomic mass is 35.5. The molecule has 28 heavy (non-hydrogen) atoms. The molecule has 0 saturated carbocycles. The van der Waals surface area contributed by atoms with Crippen LogP contribution in [0.5, 0.6) is 0 Å². The fourth-order valence-corrected chi connectivity index (χ4v) is 4.88. The Morgan fingerprint density at radius 2 is 1.82 bits per heavy atom. The summed E-state index contributed by atoms with van der Waals surface area (Å²) in [5.74, 6) is 0.613. The molecular weight excluding hydrogens is 413 g/mol. The van der Waals surface area contributed by atoms with Gasteiger partial charge in [0.2, 0.25) is 0 Å². The molecule has 0 radical (unpaired) electrons. The average Bonchev–Trinajstić information content (AvgIpc) is 3.32. The first-order valence-corrected chi connectivity index (χ1v) is 10.5. The number of rotatable bonds is 3. The molecule has 1 amide bonds. The summed E-state index contributed by atoms with van der Waals surface area (Å²) < 4.78 is 0. The largest absolute Gasteiger partial charge is 0.337 e. The van der Waals surface area contributed by atoms with Crippen molar-refractivity contribution >= 4 is 42.1 Å². The molecule has 2 aromatic rings. The number of nitrogens with one attached hydrogen (secondary N) is 1. The van der Waals surface area contributed by atoms with Crippen LogP contribution in [-0.4, -0.2) is 42.0 Å². The van der Waals surface area contributed by atoms with Crippen LogP contribution in [0.25, 0.3) is 10.6 Å². The Morgan fingerprint density at radius 1 is 1.14 bits per heavy atom. The van der Waals surface area contributed by atoms with Crippen LogP contribution >= 0.6 is 36.2 Å². The van der Waals surface area contributed by atoms with Gasteiger partial charge in [-0.05, 0) is 42.7 Å². The van der Waals surface area contributed by atoms with Gasteiger partial charge in [-0.1, -0.05) is 38.1 Å². The minimum Gasteiger partial charge on any atom is -0.337 e. The molecule has 7 heteroatoms. The summed E-state index contributed by atoms with van der Waals surface area (Å²) in [4.78, 5) is 19.5. The third kappa shape index (κ3) is 4.70. The lowest BCUT2D eigenvalue weighted by atomic mass is 9.78. The zero-order valence-corrected chi connectivity index (χ0v) is 18.9. The number of hydrogen-bond acceptors (Lipinski definition) is 4. The second kappa shape index (κ2) is 9.57. The molecule has 2 aliphatic heterocycles. The van der Waals surface area contributed by atoms with Crippen molar-refractivity contribution in [1.29, 1.82) is 0 Å². The van der Waals surface area contributed by atoms with Crippen LogP contribution in [0.4, 0.5) is 0 Å². The third-order valence-corrected chi connectivity index (χ3v) is 6.88. The summed E-state index contributed by atoms with van der Waals surface area (Å²) in [6.07, 6.45) is 3.47. The monoisotopic (exact) mass is 441 g/mol. The van der Waals surface area contributed by atoms with Crippen LogP contribution in [-0.2, 0) is 0 Å². The second-order valence-corrected chi connectivity index (χ2v) is 8.89. The third-order valence-electron chi connectivity index (χ3n) is 5.99. The number of carbonyl (C=O) groups is 1. The van der Waals surface area contributed by atoms with Gasteiger partial charge < -0.3 is 10.2 Å². The van der Waals surface area contributed by atoms with Crippen molar-refractivity contribution in [2.24, 2.45) is 5.41 Å². The van der Waals surface area contributed by atoms with Crippen LogP contribution < -0.4 is 5.32 Å². The van der Waals surface area contributed by atoms with Gasteiger partial charge in [-0.2, -0.15) is 0 Å². The van der Waals surface area contributed by atoms with E-state index in [-0.39, 0.29) is 30.7 Å². The Bertz CT molecular complexity index is 775. The first kappa shape index (κ1) is 23.1. The van der Waals surface area contributed by atoms with Crippen LogP contribution in [0.1, 0.15) is 55.1 Å². The maximum atomic E-state index is 12.8. The molecule has 0 bridgehead atoms. The van der Waals surface area contributed by atoms with Crippen LogP contribution in [0.2, 0.25) is 0 Å². The van der Waals surface area contributed by atoms with E-state index in [1.807, 2.05) is 10.3 Å². The highest BCUT2D eigenvalue weighted by Gasteiger charge is 2.38. The van der Waals surface area contributed by atoms with Crippen molar-refractivity contribution in [3.63, 3.8) is 0 Å². The summed E-state index contributed by atoms with van der Waals surface area (Å²) >= 11 is 1.56. The molecule has 0 aliphatic carbocycles. The Kier molecular flexibility index (Phi) is 7.91.